The molecule has 1 amide bonds. The predicted molar refractivity (Wildman–Crippen MR) is 78.8 cm³/mol. The van der Waals surface area contributed by atoms with Crippen molar-refractivity contribution in [3.63, 3.8) is 0 Å². The van der Waals surface area contributed by atoms with Crippen LogP contribution in [0.5, 0.6) is 0 Å². The van der Waals surface area contributed by atoms with Crippen LogP contribution < -0.4 is 10.6 Å². The lowest BCUT2D eigenvalue weighted by atomic mass is 9.99. The van der Waals surface area contributed by atoms with Crippen molar-refractivity contribution in [1.82, 2.24) is 5.32 Å². The third kappa shape index (κ3) is 3.48. The van der Waals surface area contributed by atoms with Gasteiger partial charge >= 0.3 is 0 Å². The van der Waals surface area contributed by atoms with E-state index >= 15 is 0 Å². The Morgan fingerprint density at radius 2 is 2.30 bits per heavy atom. The Balaban J connectivity index is 0.00000200. The van der Waals surface area contributed by atoms with Crippen LogP contribution in [0.15, 0.2) is 12.1 Å². The highest BCUT2D eigenvalue weighted by Crippen LogP contribution is 2.24. The zero-order chi connectivity index (χ0) is 13.8. The molecule has 1 atom stereocenters. The summed E-state index contributed by atoms with van der Waals surface area (Å²) in [5.41, 5.74) is 1.89. The molecule has 112 valence electrons. The summed E-state index contributed by atoms with van der Waals surface area (Å²) in [6, 6.07) is 3.47. The zero-order valence-electron chi connectivity index (χ0n) is 11.7. The molecule has 0 aromatic heterocycles. The number of anilines is 1. The molecule has 1 aliphatic rings. The van der Waals surface area contributed by atoms with Crippen LogP contribution in [0.1, 0.15) is 24.5 Å². The van der Waals surface area contributed by atoms with Gasteiger partial charge < -0.3 is 15.4 Å². The Morgan fingerprint density at radius 3 is 2.95 bits per heavy atom. The highest BCUT2D eigenvalue weighted by molar-refractivity contribution is 5.94. The summed E-state index contributed by atoms with van der Waals surface area (Å²) in [5.74, 6) is -0.629. The molecular weight excluding hydrogens is 283 g/mol. The van der Waals surface area contributed by atoms with E-state index in [0.29, 0.717) is 24.9 Å². The van der Waals surface area contributed by atoms with Crippen molar-refractivity contribution in [2.75, 3.05) is 19.0 Å². The minimum Gasteiger partial charge on any atom is -0.372 e. The number of hydrogen-bond acceptors (Lipinski definition) is 3. The molecule has 1 aromatic rings. The molecule has 4 nitrogen and oxygen atoms in total. The van der Waals surface area contributed by atoms with E-state index in [9.17, 15) is 9.18 Å². The van der Waals surface area contributed by atoms with Gasteiger partial charge in [0.2, 0.25) is 0 Å². The SMILES string of the molecule is CCC(OC)C(=O)Nc1ccc2c(c1F)CCNC2.Cl. The summed E-state index contributed by atoms with van der Waals surface area (Å²) in [4.78, 5) is 11.9. The van der Waals surface area contributed by atoms with Crippen molar-refractivity contribution in [2.45, 2.75) is 32.4 Å². The van der Waals surface area contributed by atoms with Crippen LogP contribution in [0.4, 0.5) is 10.1 Å². The first-order chi connectivity index (χ1) is 9.17. The number of carbonyl (C=O) groups excluding carboxylic acids is 1. The van der Waals surface area contributed by atoms with Crippen LogP contribution in [0, 0.1) is 5.82 Å². The largest absolute Gasteiger partial charge is 0.372 e. The van der Waals surface area contributed by atoms with Gasteiger partial charge in [-0.1, -0.05) is 13.0 Å². The maximum absolute atomic E-state index is 14.3. The lowest BCUT2D eigenvalue weighted by Gasteiger charge is -2.20. The number of amides is 1. The van der Waals surface area contributed by atoms with Gasteiger partial charge in [-0.05, 0) is 36.6 Å². The highest BCUT2D eigenvalue weighted by Gasteiger charge is 2.20. The van der Waals surface area contributed by atoms with Crippen molar-refractivity contribution >= 4 is 24.0 Å². The second-order valence-corrected chi connectivity index (χ2v) is 4.61. The van der Waals surface area contributed by atoms with Gasteiger partial charge in [-0.3, -0.25) is 4.79 Å². The number of fused-ring (bicyclic) bond motifs is 1. The molecule has 1 heterocycles. The number of ether oxygens (including phenoxy) is 1. The Morgan fingerprint density at radius 1 is 1.55 bits per heavy atom. The molecule has 0 fully saturated rings. The van der Waals surface area contributed by atoms with Crippen LogP contribution in [0.25, 0.3) is 0 Å². The van der Waals surface area contributed by atoms with Gasteiger partial charge in [0.25, 0.3) is 5.91 Å². The average molecular weight is 303 g/mol. The van der Waals surface area contributed by atoms with E-state index in [2.05, 4.69) is 10.6 Å². The molecule has 0 radical (unpaired) electrons. The van der Waals surface area contributed by atoms with Crippen molar-refractivity contribution in [3.8, 4) is 0 Å². The van der Waals surface area contributed by atoms with Gasteiger partial charge in [0.15, 0.2) is 0 Å². The molecule has 2 rings (SSSR count). The fraction of sp³-hybridized carbons (Fsp3) is 0.500. The molecule has 1 aliphatic heterocycles. The first-order valence-corrected chi connectivity index (χ1v) is 6.52. The van der Waals surface area contributed by atoms with Crippen LogP contribution in [-0.4, -0.2) is 25.7 Å². The third-order valence-corrected chi connectivity index (χ3v) is 3.41. The molecule has 6 heteroatoms. The molecule has 0 bridgehead atoms. The Kier molecular flexibility index (Phi) is 6.39. The summed E-state index contributed by atoms with van der Waals surface area (Å²) in [6.07, 6.45) is 0.655. The number of methoxy groups -OCH3 is 1. The van der Waals surface area contributed by atoms with Crippen LogP contribution in [0.3, 0.4) is 0 Å². The highest BCUT2D eigenvalue weighted by atomic mass is 35.5. The Hall–Kier alpha value is -1.17. The van der Waals surface area contributed by atoms with E-state index < -0.39 is 6.10 Å². The van der Waals surface area contributed by atoms with Crippen molar-refractivity contribution in [1.29, 1.82) is 0 Å². The van der Waals surface area contributed by atoms with E-state index in [1.165, 1.54) is 7.11 Å². The molecule has 20 heavy (non-hydrogen) atoms. The van der Waals surface area contributed by atoms with E-state index in [1.54, 1.807) is 6.07 Å². The topological polar surface area (TPSA) is 50.4 Å². The smallest absolute Gasteiger partial charge is 0.253 e. The first-order valence-electron chi connectivity index (χ1n) is 6.52. The first kappa shape index (κ1) is 16.9. The maximum Gasteiger partial charge on any atom is 0.253 e. The molecule has 1 aromatic carbocycles. The number of carbonyl (C=O) groups is 1. The van der Waals surface area contributed by atoms with Crippen LogP contribution in [-0.2, 0) is 22.5 Å². The van der Waals surface area contributed by atoms with Crippen molar-refractivity contribution in [2.24, 2.45) is 0 Å². The summed E-state index contributed by atoms with van der Waals surface area (Å²) in [7, 11) is 1.47. The quantitative estimate of drug-likeness (QED) is 0.897. The summed E-state index contributed by atoms with van der Waals surface area (Å²) in [5, 5.41) is 5.79. The van der Waals surface area contributed by atoms with Crippen molar-refractivity contribution in [3.05, 3.63) is 29.1 Å². The Bertz CT molecular complexity index is 478. The molecule has 0 aliphatic carbocycles. The van der Waals surface area contributed by atoms with E-state index in [-0.39, 0.29) is 29.8 Å². The summed E-state index contributed by atoms with van der Waals surface area (Å²) in [6.45, 7) is 3.29. The molecule has 0 saturated carbocycles. The molecule has 2 N–H and O–H groups in total. The van der Waals surface area contributed by atoms with Crippen LogP contribution >= 0.6 is 12.4 Å². The maximum atomic E-state index is 14.3. The zero-order valence-corrected chi connectivity index (χ0v) is 12.5. The fourth-order valence-corrected chi connectivity index (χ4v) is 2.30. The van der Waals surface area contributed by atoms with Gasteiger partial charge in [-0.2, -0.15) is 0 Å². The van der Waals surface area contributed by atoms with Gasteiger partial charge in [-0.15, -0.1) is 12.4 Å². The number of nitrogens with one attached hydrogen (secondary N) is 2. The third-order valence-electron chi connectivity index (χ3n) is 3.41. The number of halogens is 2. The van der Waals surface area contributed by atoms with Crippen LogP contribution in [0.2, 0.25) is 0 Å². The monoisotopic (exact) mass is 302 g/mol. The fourth-order valence-electron chi connectivity index (χ4n) is 2.30. The minimum absolute atomic E-state index is 0. The standard InChI is InChI=1S/C14H19FN2O2.ClH/c1-3-12(19-2)14(18)17-11-5-4-9-8-16-7-6-10(9)13(11)15;/h4-5,12,16H,3,6-8H2,1-2H3,(H,17,18);1H. The van der Waals surface area contributed by atoms with E-state index in [0.717, 1.165) is 12.1 Å². The van der Waals surface area contributed by atoms with Crippen molar-refractivity contribution < 1.29 is 13.9 Å². The summed E-state index contributed by atoms with van der Waals surface area (Å²) >= 11 is 0. The molecular formula is C14H20ClFN2O2. The second kappa shape index (κ2) is 7.57. The Labute approximate surface area is 124 Å². The molecule has 1 unspecified atom stereocenters. The second-order valence-electron chi connectivity index (χ2n) is 4.61. The number of benzene rings is 1. The van der Waals surface area contributed by atoms with Gasteiger partial charge in [0.1, 0.15) is 11.9 Å². The minimum atomic E-state index is -0.544. The predicted octanol–water partition coefficient (Wildman–Crippen LogP) is 2.26. The average Bonchev–Trinajstić information content (AvgIpc) is 2.43. The lowest BCUT2D eigenvalue weighted by molar-refractivity contribution is -0.125. The van der Waals surface area contributed by atoms with E-state index in [4.69, 9.17) is 4.74 Å². The van der Waals surface area contributed by atoms with Gasteiger partial charge in [0, 0.05) is 13.7 Å². The van der Waals surface area contributed by atoms with E-state index in [1.807, 2.05) is 13.0 Å². The number of hydrogen-bond donors (Lipinski definition) is 2. The summed E-state index contributed by atoms with van der Waals surface area (Å²) < 4.78 is 19.3. The molecule has 0 saturated heterocycles. The lowest BCUT2D eigenvalue weighted by Crippen LogP contribution is -2.30. The van der Waals surface area contributed by atoms with Gasteiger partial charge in [-0.25, -0.2) is 4.39 Å². The molecule has 0 spiro atoms. The number of rotatable bonds is 4. The normalized spacial score (nSPS) is 14.9. The van der Waals surface area contributed by atoms with Gasteiger partial charge in [0.05, 0.1) is 5.69 Å².